The summed E-state index contributed by atoms with van der Waals surface area (Å²) in [5, 5.41) is 23.2. The van der Waals surface area contributed by atoms with Crippen molar-refractivity contribution in [2.45, 2.75) is 45.5 Å². The van der Waals surface area contributed by atoms with Gasteiger partial charge in [0.1, 0.15) is 17.9 Å². The number of ether oxygens (including phenoxy) is 1. The van der Waals surface area contributed by atoms with Crippen LogP contribution >= 0.6 is 0 Å². The molecule has 0 aromatic heterocycles. The third-order valence-corrected chi connectivity index (χ3v) is 2.78. The first-order valence-corrected chi connectivity index (χ1v) is 6.01. The first-order chi connectivity index (χ1) is 8.49. The Balaban J connectivity index is 5.05. The van der Waals surface area contributed by atoms with Gasteiger partial charge in [0.25, 0.3) is 0 Å². The molecule has 0 aliphatic heterocycles. The highest BCUT2D eigenvalue weighted by molar-refractivity contribution is 5.92. The smallest absolute Gasteiger partial charge is 0.177 e. The molecule has 18 heavy (non-hydrogen) atoms. The quantitative estimate of drug-likeness (QED) is 0.292. The number of aliphatic hydroxyl groups is 2. The molecule has 2 N–H and O–H groups in total. The van der Waals surface area contributed by atoms with E-state index in [9.17, 15) is 10.2 Å². The molecule has 0 fully saturated rings. The molecule has 0 aliphatic rings. The van der Waals surface area contributed by atoms with Crippen molar-refractivity contribution in [2.24, 2.45) is 11.1 Å². The monoisotopic (exact) mass is 257 g/mol. The van der Waals surface area contributed by atoms with Crippen LogP contribution in [0.15, 0.2) is 5.16 Å². The summed E-state index contributed by atoms with van der Waals surface area (Å²) in [5.74, 6) is 2.41. The summed E-state index contributed by atoms with van der Waals surface area (Å²) in [4.78, 5) is 4.89. The lowest BCUT2D eigenvalue weighted by atomic mass is 9.93. The highest BCUT2D eigenvalue weighted by atomic mass is 16.6. The van der Waals surface area contributed by atoms with Gasteiger partial charge >= 0.3 is 0 Å². The summed E-state index contributed by atoms with van der Waals surface area (Å²) < 4.78 is 5.33. The van der Waals surface area contributed by atoms with Gasteiger partial charge in [0.15, 0.2) is 6.61 Å². The Kier molecular flexibility index (Phi) is 8.38. The average molecular weight is 257 g/mol. The molecule has 0 radical (unpaired) electrons. The average Bonchev–Trinajstić information content (AvgIpc) is 2.36. The summed E-state index contributed by atoms with van der Waals surface area (Å²) >= 11 is 0. The zero-order valence-electron chi connectivity index (χ0n) is 11.5. The van der Waals surface area contributed by atoms with E-state index in [1.54, 1.807) is 0 Å². The normalized spacial score (nSPS) is 18.6. The van der Waals surface area contributed by atoms with Crippen LogP contribution in [0, 0.1) is 18.3 Å². The Labute approximate surface area is 109 Å². The summed E-state index contributed by atoms with van der Waals surface area (Å²) in [5.41, 5.74) is 0.261. The van der Waals surface area contributed by atoms with E-state index in [0.717, 1.165) is 6.42 Å². The van der Waals surface area contributed by atoms with Gasteiger partial charge in [-0.3, -0.25) is 0 Å². The second-order valence-electron chi connectivity index (χ2n) is 4.22. The number of nitrogens with zero attached hydrogens (tertiary/aromatic N) is 1. The maximum absolute atomic E-state index is 9.94. The molecule has 1 unspecified atom stereocenters. The zero-order chi connectivity index (χ0) is 14.1. The van der Waals surface area contributed by atoms with Crippen molar-refractivity contribution in [1.82, 2.24) is 0 Å². The van der Waals surface area contributed by atoms with Gasteiger partial charge in [0.2, 0.25) is 0 Å². The molecule has 5 heteroatoms. The van der Waals surface area contributed by atoms with Crippen molar-refractivity contribution in [2.75, 3.05) is 13.7 Å². The lowest BCUT2D eigenvalue weighted by molar-refractivity contribution is 0.0440. The van der Waals surface area contributed by atoms with E-state index in [1.165, 1.54) is 14.0 Å². The Morgan fingerprint density at radius 2 is 2.00 bits per heavy atom. The number of hydrogen-bond donors (Lipinski definition) is 2. The molecule has 5 nitrogen and oxygen atoms in total. The topological polar surface area (TPSA) is 71.3 Å². The Bertz CT molecular complexity index is 296. The van der Waals surface area contributed by atoms with E-state index >= 15 is 0 Å². The summed E-state index contributed by atoms with van der Waals surface area (Å²) in [6.07, 6.45) is 3.39. The van der Waals surface area contributed by atoms with Crippen LogP contribution in [0.25, 0.3) is 0 Å². The highest BCUT2D eigenvalue weighted by Gasteiger charge is 2.30. The molecule has 104 valence electrons. The van der Waals surface area contributed by atoms with Crippen LogP contribution in [-0.4, -0.2) is 48.0 Å². The van der Waals surface area contributed by atoms with Crippen molar-refractivity contribution in [3.63, 3.8) is 0 Å². The van der Waals surface area contributed by atoms with Crippen LogP contribution in [0.2, 0.25) is 0 Å². The fraction of sp³-hybridized carbons (Fsp3) is 0.769. The minimum absolute atomic E-state index is 0.00691. The third kappa shape index (κ3) is 5.05. The van der Waals surface area contributed by atoms with Crippen molar-refractivity contribution >= 4 is 5.71 Å². The molecule has 0 amide bonds. The number of methoxy groups -OCH3 is 1. The van der Waals surface area contributed by atoms with E-state index in [-0.39, 0.29) is 18.2 Å². The van der Waals surface area contributed by atoms with Crippen LogP contribution in [0.1, 0.15) is 27.2 Å². The van der Waals surface area contributed by atoms with Crippen LogP contribution < -0.4 is 0 Å². The number of hydrogen-bond acceptors (Lipinski definition) is 5. The maximum atomic E-state index is 9.94. The van der Waals surface area contributed by atoms with Crippen molar-refractivity contribution < 1.29 is 19.8 Å². The molecule has 0 heterocycles. The minimum atomic E-state index is -1.14. The molecule has 0 spiro atoms. The zero-order valence-corrected chi connectivity index (χ0v) is 11.5. The fourth-order valence-corrected chi connectivity index (χ4v) is 1.52. The van der Waals surface area contributed by atoms with Gasteiger partial charge in [0.05, 0.1) is 6.10 Å². The summed E-state index contributed by atoms with van der Waals surface area (Å²) in [6, 6.07) is 0. The van der Waals surface area contributed by atoms with Crippen LogP contribution in [0.5, 0.6) is 0 Å². The van der Waals surface area contributed by atoms with E-state index in [0.29, 0.717) is 0 Å². The lowest BCUT2D eigenvalue weighted by Gasteiger charge is -2.26. The standard InChI is InChI=1S/C13H23NO4/c1-6-8-18-14-11(12(16)10(4)15)13(17-5)9(3)7-2/h1,9-10,12-13,15-16H,7-8H2,2-5H3/b14-11-/t9?,10-,12+,13+/m1/s1. The summed E-state index contributed by atoms with van der Waals surface area (Å²) in [7, 11) is 1.53. The Morgan fingerprint density at radius 1 is 1.39 bits per heavy atom. The number of oxime groups is 1. The first kappa shape index (κ1) is 16.9. The second-order valence-corrected chi connectivity index (χ2v) is 4.22. The molecule has 0 saturated carbocycles. The molecule has 0 saturated heterocycles. The van der Waals surface area contributed by atoms with Crippen LogP contribution in [0.4, 0.5) is 0 Å². The van der Waals surface area contributed by atoms with E-state index in [2.05, 4.69) is 11.1 Å². The molecule has 0 aromatic rings. The van der Waals surface area contributed by atoms with Gasteiger partial charge in [-0.1, -0.05) is 31.3 Å². The molecule has 4 atom stereocenters. The van der Waals surface area contributed by atoms with Crippen LogP contribution in [-0.2, 0) is 9.57 Å². The largest absolute Gasteiger partial charge is 0.390 e. The molecule has 0 rings (SSSR count). The predicted octanol–water partition coefficient (Wildman–Crippen LogP) is 0.795. The van der Waals surface area contributed by atoms with Gasteiger partial charge < -0.3 is 19.8 Å². The van der Waals surface area contributed by atoms with Gasteiger partial charge in [-0.15, -0.1) is 6.42 Å². The first-order valence-electron chi connectivity index (χ1n) is 6.01. The Morgan fingerprint density at radius 3 is 2.39 bits per heavy atom. The third-order valence-electron chi connectivity index (χ3n) is 2.78. The maximum Gasteiger partial charge on any atom is 0.177 e. The van der Waals surface area contributed by atoms with E-state index in [1.807, 2.05) is 13.8 Å². The fourth-order valence-electron chi connectivity index (χ4n) is 1.52. The number of terminal acetylenes is 1. The predicted molar refractivity (Wildman–Crippen MR) is 70.2 cm³/mol. The second kappa shape index (κ2) is 8.92. The van der Waals surface area contributed by atoms with Crippen LogP contribution in [0.3, 0.4) is 0 Å². The molecular weight excluding hydrogens is 234 g/mol. The SMILES string of the molecule is C#CCO/N=C(\[C@@H](OC)C(C)CC)[C@@H](O)[C@@H](C)O. The summed E-state index contributed by atoms with van der Waals surface area (Å²) in [6.45, 7) is 5.46. The van der Waals surface area contributed by atoms with Gasteiger partial charge in [0, 0.05) is 7.11 Å². The number of aliphatic hydroxyl groups excluding tert-OH is 2. The molecule has 0 aromatic carbocycles. The van der Waals surface area contributed by atoms with Gasteiger partial charge in [-0.05, 0) is 12.8 Å². The molecule has 0 bridgehead atoms. The lowest BCUT2D eigenvalue weighted by Crippen LogP contribution is -2.43. The minimum Gasteiger partial charge on any atom is -0.390 e. The highest BCUT2D eigenvalue weighted by Crippen LogP contribution is 2.16. The van der Waals surface area contributed by atoms with Crippen molar-refractivity contribution in [1.29, 1.82) is 0 Å². The van der Waals surface area contributed by atoms with Gasteiger partial charge in [-0.25, -0.2) is 0 Å². The van der Waals surface area contributed by atoms with E-state index in [4.69, 9.17) is 16.0 Å². The molecule has 0 aliphatic carbocycles. The van der Waals surface area contributed by atoms with Crippen molar-refractivity contribution in [3.8, 4) is 12.3 Å². The molecular formula is C13H23NO4. The van der Waals surface area contributed by atoms with E-state index < -0.39 is 18.3 Å². The van der Waals surface area contributed by atoms with Crippen molar-refractivity contribution in [3.05, 3.63) is 0 Å². The van der Waals surface area contributed by atoms with Gasteiger partial charge in [-0.2, -0.15) is 0 Å². The Hall–Kier alpha value is -1.09. The number of rotatable bonds is 8.